The summed E-state index contributed by atoms with van der Waals surface area (Å²) >= 11 is 0. The lowest BCUT2D eigenvalue weighted by atomic mass is 9.94. The molecule has 0 aliphatic heterocycles. The smallest absolute Gasteiger partial charge is 0.227 e. The molecule has 0 bridgehead atoms. The molecule has 0 unspecified atom stereocenters. The minimum Gasteiger partial charge on any atom is -0.436 e. The highest BCUT2D eigenvalue weighted by Crippen LogP contribution is 2.39. The normalized spacial score (nSPS) is 11.5. The lowest BCUT2D eigenvalue weighted by molar-refractivity contribution is 0.620. The SMILES string of the molecule is c1ccc(-c2cccc(-c3cc(-c4cccc(-c5cccnc5)c4)c4nc(-c5ccc(-n6c7ccccc7c7ccccc76)cc5)oc4c3)c2)cc1. The monoisotopic (exact) mass is 665 g/mol. The van der Waals surface area contributed by atoms with Gasteiger partial charge >= 0.3 is 0 Å². The zero-order valence-electron chi connectivity index (χ0n) is 28.1. The van der Waals surface area contributed by atoms with Gasteiger partial charge in [-0.2, -0.15) is 0 Å². The van der Waals surface area contributed by atoms with E-state index in [0.29, 0.717) is 5.89 Å². The van der Waals surface area contributed by atoms with E-state index >= 15 is 0 Å². The standard InChI is InChI=1S/C48H31N3O/c1-2-11-32(12-3-1)34-13-8-15-36(27-34)39-29-43(37-16-9-14-35(28-37)38-17-10-26-49-31-38)47-46(30-39)52-48(50-47)33-22-24-40(25-23-33)51-44-20-6-4-18-41(44)42-19-5-7-21-45(42)51/h1-31H. The Bertz CT molecular complexity index is 2830. The molecule has 0 aliphatic carbocycles. The van der Waals surface area contributed by atoms with Gasteiger partial charge in [0.1, 0.15) is 5.52 Å². The highest BCUT2D eigenvalue weighted by atomic mass is 16.3. The van der Waals surface area contributed by atoms with Crippen LogP contribution in [0.25, 0.3) is 94.6 Å². The number of rotatable bonds is 6. The summed E-state index contributed by atoms with van der Waals surface area (Å²) in [6.07, 6.45) is 3.70. The van der Waals surface area contributed by atoms with Crippen LogP contribution < -0.4 is 0 Å². The maximum absolute atomic E-state index is 6.65. The molecule has 52 heavy (non-hydrogen) atoms. The third kappa shape index (κ3) is 5.17. The lowest BCUT2D eigenvalue weighted by Crippen LogP contribution is -1.93. The Kier molecular flexibility index (Phi) is 7.10. The van der Waals surface area contributed by atoms with Gasteiger partial charge < -0.3 is 8.98 Å². The van der Waals surface area contributed by atoms with E-state index < -0.39 is 0 Å². The van der Waals surface area contributed by atoms with Crippen LogP contribution in [0, 0.1) is 0 Å². The number of para-hydroxylation sites is 2. The van der Waals surface area contributed by atoms with E-state index in [9.17, 15) is 0 Å². The molecule has 0 spiro atoms. The highest BCUT2D eigenvalue weighted by Gasteiger charge is 2.18. The minimum atomic E-state index is 0.587. The van der Waals surface area contributed by atoms with Crippen molar-refractivity contribution in [2.45, 2.75) is 0 Å². The molecule has 0 saturated heterocycles. The molecule has 0 N–H and O–H groups in total. The molecule has 3 aromatic heterocycles. The number of nitrogens with zero attached hydrogens (tertiary/aromatic N) is 3. The molecule has 10 rings (SSSR count). The molecule has 4 heteroatoms. The number of benzene rings is 7. The molecule has 0 aliphatic rings. The zero-order valence-corrected chi connectivity index (χ0v) is 28.1. The molecule has 0 saturated carbocycles. The van der Waals surface area contributed by atoms with Crippen LogP contribution in [0.1, 0.15) is 0 Å². The molecule has 0 radical (unpaired) electrons. The van der Waals surface area contributed by atoms with Gasteiger partial charge in [-0.1, -0.05) is 109 Å². The van der Waals surface area contributed by atoms with E-state index in [-0.39, 0.29) is 0 Å². The van der Waals surface area contributed by atoms with Crippen LogP contribution in [0.15, 0.2) is 193 Å². The predicted octanol–water partition coefficient (Wildman–Crippen LogP) is 12.7. The molecule has 0 amide bonds. The first kappa shape index (κ1) is 29.8. The Hall–Kier alpha value is -7.04. The third-order valence-corrected chi connectivity index (χ3v) is 9.92. The molecular weight excluding hydrogens is 635 g/mol. The van der Waals surface area contributed by atoms with Crippen molar-refractivity contribution in [2.24, 2.45) is 0 Å². The second-order valence-corrected chi connectivity index (χ2v) is 13.1. The quantitative estimate of drug-likeness (QED) is 0.178. The fourth-order valence-electron chi connectivity index (χ4n) is 7.40. The Morgan fingerprint density at radius 3 is 1.73 bits per heavy atom. The fraction of sp³-hybridized carbons (Fsp3) is 0. The first-order chi connectivity index (χ1) is 25.8. The third-order valence-electron chi connectivity index (χ3n) is 9.92. The largest absolute Gasteiger partial charge is 0.436 e. The first-order valence-corrected chi connectivity index (χ1v) is 17.5. The maximum Gasteiger partial charge on any atom is 0.227 e. The van der Waals surface area contributed by atoms with Gasteiger partial charge in [-0.3, -0.25) is 4.98 Å². The molecule has 10 aromatic rings. The number of oxazole rings is 1. The van der Waals surface area contributed by atoms with E-state index in [0.717, 1.165) is 55.7 Å². The van der Waals surface area contributed by atoms with E-state index in [1.54, 1.807) is 6.20 Å². The van der Waals surface area contributed by atoms with Crippen molar-refractivity contribution in [2.75, 3.05) is 0 Å². The van der Waals surface area contributed by atoms with Gasteiger partial charge in [-0.05, 0) is 100 Å². The van der Waals surface area contributed by atoms with Crippen LogP contribution in [0.3, 0.4) is 0 Å². The van der Waals surface area contributed by atoms with Gasteiger partial charge in [0.15, 0.2) is 5.58 Å². The average molecular weight is 666 g/mol. The minimum absolute atomic E-state index is 0.587. The number of pyridine rings is 1. The van der Waals surface area contributed by atoms with Crippen molar-refractivity contribution >= 4 is 32.9 Å². The van der Waals surface area contributed by atoms with Crippen LogP contribution >= 0.6 is 0 Å². The summed E-state index contributed by atoms with van der Waals surface area (Å²) in [6, 6.07) is 61.9. The molecule has 3 heterocycles. The number of fused-ring (bicyclic) bond motifs is 4. The van der Waals surface area contributed by atoms with Gasteiger partial charge in [0.05, 0.1) is 11.0 Å². The number of hydrogen-bond donors (Lipinski definition) is 0. The second kappa shape index (κ2) is 12.4. The fourth-order valence-corrected chi connectivity index (χ4v) is 7.40. The summed E-state index contributed by atoms with van der Waals surface area (Å²) < 4.78 is 8.97. The summed E-state index contributed by atoms with van der Waals surface area (Å²) in [6.45, 7) is 0. The second-order valence-electron chi connectivity index (χ2n) is 13.1. The van der Waals surface area contributed by atoms with Gasteiger partial charge in [-0.25, -0.2) is 4.98 Å². The first-order valence-electron chi connectivity index (χ1n) is 17.5. The topological polar surface area (TPSA) is 43.9 Å². The van der Waals surface area contributed by atoms with Crippen LogP contribution in [0.4, 0.5) is 0 Å². The van der Waals surface area contributed by atoms with E-state index in [1.165, 1.54) is 32.9 Å². The lowest BCUT2D eigenvalue weighted by Gasteiger charge is -2.10. The number of aromatic nitrogens is 3. The Morgan fingerprint density at radius 1 is 0.423 bits per heavy atom. The Morgan fingerprint density at radius 2 is 1.02 bits per heavy atom. The van der Waals surface area contributed by atoms with Crippen molar-refractivity contribution in [1.29, 1.82) is 0 Å². The average Bonchev–Trinajstić information content (AvgIpc) is 3.81. The van der Waals surface area contributed by atoms with Gasteiger partial charge in [0, 0.05) is 45.5 Å². The van der Waals surface area contributed by atoms with Gasteiger partial charge in [0.2, 0.25) is 5.89 Å². The van der Waals surface area contributed by atoms with E-state index in [2.05, 4.69) is 173 Å². The molecule has 0 fully saturated rings. The number of hydrogen-bond acceptors (Lipinski definition) is 3. The molecule has 0 atom stereocenters. The van der Waals surface area contributed by atoms with Crippen molar-refractivity contribution in [3.8, 4) is 61.6 Å². The molecule has 4 nitrogen and oxygen atoms in total. The van der Waals surface area contributed by atoms with Crippen molar-refractivity contribution in [3.05, 3.63) is 188 Å². The van der Waals surface area contributed by atoms with Gasteiger partial charge in [-0.15, -0.1) is 0 Å². The van der Waals surface area contributed by atoms with E-state index in [4.69, 9.17) is 9.40 Å². The van der Waals surface area contributed by atoms with Crippen LogP contribution in [-0.2, 0) is 0 Å². The van der Waals surface area contributed by atoms with Gasteiger partial charge in [0.25, 0.3) is 0 Å². The summed E-state index contributed by atoms with van der Waals surface area (Å²) in [5, 5.41) is 2.48. The molecule has 244 valence electrons. The summed E-state index contributed by atoms with van der Waals surface area (Å²) in [7, 11) is 0. The van der Waals surface area contributed by atoms with Crippen LogP contribution in [-0.4, -0.2) is 14.5 Å². The van der Waals surface area contributed by atoms with Crippen molar-refractivity contribution in [3.63, 3.8) is 0 Å². The van der Waals surface area contributed by atoms with Crippen molar-refractivity contribution in [1.82, 2.24) is 14.5 Å². The summed E-state index contributed by atoms with van der Waals surface area (Å²) in [5.74, 6) is 0.587. The molecular formula is C48H31N3O. The van der Waals surface area contributed by atoms with Crippen LogP contribution in [0.5, 0.6) is 0 Å². The summed E-state index contributed by atoms with van der Waals surface area (Å²) in [5.41, 5.74) is 14.7. The van der Waals surface area contributed by atoms with E-state index in [1.807, 2.05) is 18.3 Å². The van der Waals surface area contributed by atoms with Crippen LogP contribution in [0.2, 0.25) is 0 Å². The zero-order chi connectivity index (χ0) is 34.4. The maximum atomic E-state index is 6.65. The molecule has 7 aromatic carbocycles. The Labute approximate surface area is 300 Å². The Balaban J connectivity index is 1.11. The van der Waals surface area contributed by atoms with Crippen molar-refractivity contribution < 1.29 is 4.42 Å². The predicted molar refractivity (Wildman–Crippen MR) is 213 cm³/mol. The summed E-state index contributed by atoms with van der Waals surface area (Å²) in [4.78, 5) is 9.53. The highest BCUT2D eigenvalue weighted by molar-refractivity contribution is 6.09.